The number of amides is 1. The first kappa shape index (κ1) is 14.3. The molecule has 19 heavy (non-hydrogen) atoms. The lowest BCUT2D eigenvalue weighted by Gasteiger charge is -2.33. The van der Waals surface area contributed by atoms with Gasteiger partial charge in [0.2, 0.25) is 5.91 Å². The van der Waals surface area contributed by atoms with E-state index in [0.29, 0.717) is 25.4 Å². The predicted octanol–water partition coefficient (Wildman–Crippen LogP) is 1.56. The number of carbonyl (C=O) groups is 2. The molecule has 0 heterocycles. The highest BCUT2D eigenvalue weighted by Crippen LogP contribution is 2.36. The van der Waals surface area contributed by atoms with Gasteiger partial charge in [0.25, 0.3) is 0 Å². The minimum atomic E-state index is -0.786. The molecule has 0 atom stereocenters. The summed E-state index contributed by atoms with van der Waals surface area (Å²) in [5.74, 6) is -0.352. The number of hydrogen-bond acceptors (Lipinski definition) is 3. The van der Waals surface area contributed by atoms with Gasteiger partial charge in [-0.05, 0) is 31.6 Å². The molecule has 0 aliphatic heterocycles. The van der Waals surface area contributed by atoms with Gasteiger partial charge in [-0.2, -0.15) is 0 Å². The van der Waals surface area contributed by atoms with Gasteiger partial charge in [-0.25, -0.2) is 0 Å². The van der Waals surface area contributed by atoms with Crippen molar-refractivity contribution in [2.45, 2.75) is 44.9 Å². The molecule has 2 fully saturated rings. The summed E-state index contributed by atoms with van der Waals surface area (Å²) in [6.07, 6.45) is 6.67. The Morgan fingerprint density at radius 1 is 1.21 bits per heavy atom. The zero-order valence-electron chi connectivity index (χ0n) is 11.3. The van der Waals surface area contributed by atoms with Crippen molar-refractivity contribution in [2.24, 2.45) is 11.3 Å². The summed E-state index contributed by atoms with van der Waals surface area (Å²) in [4.78, 5) is 23.0. The second kappa shape index (κ2) is 6.37. The lowest BCUT2D eigenvalue weighted by atomic mass is 9.74. The molecule has 0 unspecified atom stereocenters. The molecule has 5 heteroatoms. The van der Waals surface area contributed by atoms with Gasteiger partial charge in [0.1, 0.15) is 6.61 Å². The van der Waals surface area contributed by atoms with Crippen LogP contribution < -0.4 is 5.32 Å². The van der Waals surface area contributed by atoms with Crippen molar-refractivity contribution >= 4 is 11.9 Å². The molecule has 0 aromatic carbocycles. The van der Waals surface area contributed by atoms with Gasteiger partial charge in [-0.3, -0.25) is 9.59 Å². The van der Waals surface area contributed by atoms with Gasteiger partial charge in [-0.1, -0.05) is 19.3 Å². The fraction of sp³-hybridized carbons (Fsp3) is 0.857. The van der Waals surface area contributed by atoms with E-state index in [1.165, 1.54) is 12.8 Å². The van der Waals surface area contributed by atoms with Gasteiger partial charge in [0.15, 0.2) is 0 Å². The first-order chi connectivity index (χ1) is 9.12. The maximum absolute atomic E-state index is 11.6. The van der Waals surface area contributed by atoms with Crippen LogP contribution in [0.4, 0.5) is 0 Å². The van der Waals surface area contributed by atoms with Gasteiger partial charge in [0.05, 0.1) is 12.0 Å². The van der Waals surface area contributed by atoms with Crippen molar-refractivity contribution in [1.82, 2.24) is 5.32 Å². The van der Waals surface area contributed by atoms with Gasteiger partial charge >= 0.3 is 5.97 Å². The molecule has 0 aromatic rings. The minimum Gasteiger partial charge on any atom is -0.481 e. The predicted molar refractivity (Wildman–Crippen MR) is 69.7 cm³/mol. The van der Waals surface area contributed by atoms with E-state index in [-0.39, 0.29) is 19.1 Å². The Kier molecular flexibility index (Phi) is 4.80. The van der Waals surface area contributed by atoms with Crippen LogP contribution in [0.3, 0.4) is 0 Å². The molecule has 0 bridgehead atoms. The lowest BCUT2D eigenvalue weighted by Crippen LogP contribution is -2.45. The van der Waals surface area contributed by atoms with E-state index in [1.54, 1.807) is 0 Å². The summed E-state index contributed by atoms with van der Waals surface area (Å²) in [6.45, 7) is 0.928. The van der Waals surface area contributed by atoms with Crippen LogP contribution in [0.15, 0.2) is 0 Å². The van der Waals surface area contributed by atoms with Crippen LogP contribution in [0.5, 0.6) is 0 Å². The fourth-order valence-corrected chi connectivity index (χ4v) is 2.62. The number of carbonyl (C=O) groups excluding carboxylic acids is 1. The zero-order chi connectivity index (χ0) is 13.7. The largest absolute Gasteiger partial charge is 0.481 e. The SMILES string of the molecule is O=C(COCC1CC1)NCC1(C(=O)O)CCCCC1. The Morgan fingerprint density at radius 3 is 2.47 bits per heavy atom. The van der Waals surface area contributed by atoms with E-state index >= 15 is 0 Å². The van der Waals surface area contributed by atoms with E-state index in [1.807, 2.05) is 0 Å². The van der Waals surface area contributed by atoms with Crippen molar-refractivity contribution < 1.29 is 19.4 Å². The minimum absolute atomic E-state index is 0.0478. The Morgan fingerprint density at radius 2 is 1.89 bits per heavy atom. The Labute approximate surface area is 113 Å². The van der Waals surface area contributed by atoms with E-state index in [4.69, 9.17) is 4.74 Å². The summed E-state index contributed by atoms with van der Waals surface area (Å²) in [7, 11) is 0. The number of carboxylic acid groups (broad SMARTS) is 1. The summed E-state index contributed by atoms with van der Waals surface area (Å²) in [5.41, 5.74) is -0.760. The van der Waals surface area contributed by atoms with E-state index in [2.05, 4.69) is 5.32 Å². The third-order valence-electron chi connectivity index (χ3n) is 4.17. The van der Waals surface area contributed by atoms with Crippen LogP contribution in [0.25, 0.3) is 0 Å². The molecule has 2 aliphatic rings. The Hall–Kier alpha value is -1.10. The maximum atomic E-state index is 11.6. The number of hydrogen-bond donors (Lipinski definition) is 2. The fourth-order valence-electron chi connectivity index (χ4n) is 2.62. The third-order valence-corrected chi connectivity index (χ3v) is 4.17. The highest BCUT2D eigenvalue weighted by atomic mass is 16.5. The molecule has 2 saturated carbocycles. The smallest absolute Gasteiger partial charge is 0.311 e. The van der Waals surface area contributed by atoms with Crippen LogP contribution in [-0.4, -0.2) is 36.7 Å². The quantitative estimate of drug-likeness (QED) is 0.735. The van der Waals surface area contributed by atoms with E-state index in [0.717, 1.165) is 19.3 Å². The maximum Gasteiger partial charge on any atom is 0.311 e. The molecular weight excluding hydrogens is 246 g/mol. The topological polar surface area (TPSA) is 75.6 Å². The average molecular weight is 269 g/mol. The van der Waals surface area contributed by atoms with Crippen molar-refractivity contribution in [1.29, 1.82) is 0 Å². The highest BCUT2D eigenvalue weighted by Gasteiger charge is 2.39. The van der Waals surface area contributed by atoms with Crippen molar-refractivity contribution in [2.75, 3.05) is 19.8 Å². The summed E-state index contributed by atoms with van der Waals surface area (Å²) in [5, 5.41) is 12.1. The molecule has 0 spiro atoms. The molecule has 2 rings (SSSR count). The van der Waals surface area contributed by atoms with Crippen molar-refractivity contribution in [3.05, 3.63) is 0 Å². The van der Waals surface area contributed by atoms with Crippen LogP contribution >= 0.6 is 0 Å². The molecular formula is C14H23NO4. The van der Waals surface area contributed by atoms with Crippen molar-refractivity contribution in [3.8, 4) is 0 Å². The average Bonchev–Trinajstić information content (AvgIpc) is 3.21. The van der Waals surface area contributed by atoms with Crippen LogP contribution in [-0.2, 0) is 14.3 Å². The second-order valence-corrected chi connectivity index (χ2v) is 5.88. The van der Waals surface area contributed by atoms with Gasteiger partial charge < -0.3 is 15.2 Å². The summed E-state index contributed by atoms with van der Waals surface area (Å²) in [6, 6.07) is 0. The van der Waals surface area contributed by atoms with Crippen LogP contribution in [0.1, 0.15) is 44.9 Å². The number of ether oxygens (including phenoxy) is 1. The molecule has 2 N–H and O–H groups in total. The number of carboxylic acids is 1. The first-order valence-electron chi connectivity index (χ1n) is 7.20. The second-order valence-electron chi connectivity index (χ2n) is 5.88. The standard InChI is InChI=1S/C14H23NO4/c16-12(9-19-8-11-4-5-11)15-10-14(13(17)18)6-2-1-3-7-14/h11H,1-10H2,(H,15,16)(H,17,18). The number of aliphatic carboxylic acids is 1. The molecule has 108 valence electrons. The molecule has 5 nitrogen and oxygen atoms in total. The molecule has 0 radical (unpaired) electrons. The van der Waals surface area contributed by atoms with Crippen LogP contribution in [0.2, 0.25) is 0 Å². The number of rotatable bonds is 7. The number of nitrogens with one attached hydrogen (secondary N) is 1. The van der Waals surface area contributed by atoms with Crippen LogP contribution in [0, 0.1) is 11.3 Å². The Balaban J connectivity index is 1.71. The van der Waals surface area contributed by atoms with Crippen molar-refractivity contribution in [3.63, 3.8) is 0 Å². The summed E-state index contributed by atoms with van der Waals surface area (Å²) >= 11 is 0. The molecule has 2 aliphatic carbocycles. The lowest BCUT2D eigenvalue weighted by molar-refractivity contribution is -0.151. The Bertz CT molecular complexity index is 332. The zero-order valence-corrected chi connectivity index (χ0v) is 11.3. The van der Waals surface area contributed by atoms with E-state index in [9.17, 15) is 14.7 Å². The van der Waals surface area contributed by atoms with Gasteiger partial charge in [0, 0.05) is 6.54 Å². The highest BCUT2D eigenvalue weighted by molar-refractivity contribution is 5.79. The van der Waals surface area contributed by atoms with E-state index < -0.39 is 11.4 Å². The first-order valence-corrected chi connectivity index (χ1v) is 7.20. The van der Waals surface area contributed by atoms with Gasteiger partial charge in [-0.15, -0.1) is 0 Å². The molecule has 0 aromatic heterocycles. The normalized spacial score (nSPS) is 21.9. The third kappa shape index (κ3) is 4.20. The molecule has 1 amide bonds. The summed E-state index contributed by atoms with van der Waals surface area (Å²) < 4.78 is 5.29. The molecule has 0 saturated heterocycles. The monoisotopic (exact) mass is 269 g/mol.